The summed E-state index contributed by atoms with van der Waals surface area (Å²) in [6.45, 7) is 0. The maximum atomic E-state index is 6.24. The molecule has 2 aromatic heterocycles. The second kappa shape index (κ2) is 8.35. The summed E-state index contributed by atoms with van der Waals surface area (Å²) in [4.78, 5) is 13.2. The molecule has 8 heteroatoms. The molecule has 0 atom stereocenters. The fourth-order valence-corrected chi connectivity index (χ4v) is 3.54. The first-order chi connectivity index (χ1) is 15.1. The summed E-state index contributed by atoms with van der Waals surface area (Å²) in [5.41, 5.74) is 9.80. The van der Waals surface area contributed by atoms with Crippen LogP contribution in [0.2, 0.25) is 0 Å². The highest BCUT2D eigenvalue weighted by atomic mass is 16.5. The molecule has 158 valence electrons. The van der Waals surface area contributed by atoms with Crippen LogP contribution in [-0.2, 0) is 0 Å². The molecule has 0 aliphatic rings. The first-order valence-electron chi connectivity index (χ1n) is 9.46. The van der Waals surface area contributed by atoms with E-state index in [4.69, 9.17) is 29.7 Å². The maximum absolute atomic E-state index is 6.24. The highest BCUT2D eigenvalue weighted by molar-refractivity contribution is 6.02. The Hall–Kier alpha value is -4.07. The number of benzene rings is 2. The fourth-order valence-electron chi connectivity index (χ4n) is 3.54. The van der Waals surface area contributed by atoms with Crippen molar-refractivity contribution in [1.82, 2.24) is 15.0 Å². The van der Waals surface area contributed by atoms with Gasteiger partial charge in [0, 0.05) is 16.7 Å². The Labute approximate surface area is 179 Å². The van der Waals surface area contributed by atoms with E-state index in [9.17, 15) is 0 Å². The molecule has 4 aromatic rings. The van der Waals surface area contributed by atoms with Crippen LogP contribution in [0.4, 0.5) is 5.82 Å². The highest BCUT2D eigenvalue weighted by Gasteiger charge is 2.21. The molecule has 0 aliphatic heterocycles. The fraction of sp³-hybridized carbons (Fsp3) is 0.174. The van der Waals surface area contributed by atoms with E-state index in [-0.39, 0.29) is 0 Å². The monoisotopic (exact) mass is 418 g/mol. The minimum Gasteiger partial charge on any atom is -0.497 e. The van der Waals surface area contributed by atoms with E-state index in [1.165, 1.54) is 6.33 Å². The van der Waals surface area contributed by atoms with Crippen LogP contribution in [0.3, 0.4) is 0 Å². The summed E-state index contributed by atoms with van der Waals surface area (Å²) < 4.78 is 22.1. The lowest BCUT2D eigenvalue weighted by atomic mass is 9.98. The second-order valence-corrected chi connectivity index (χ2v) is 6.63. The molecule has 8 nitrogen and oxygen atoms in total. The van der Waals surface area contributed by atoms with Crippen molar-refractivity contribution in [2.24, 2.45) is 0 Å². The van der Waals surface area contributed by atoms with E-state index < -0.39 is 0 Å². The molecule has 0 fully saturated rings. The third-order valence-corrected chi connectivity index (χ3v) is 4.99. The van der Waals surface area contributed by atoms with E-state index in [0.717, 1.165) is 22.4 Å². The van der Waals surface area contributed by atoms with E-state index in [0.29, 0.717) is 39.8 Å². The summed E-state index contributed by atoms with van der Waals surface area (Å²) in [5.74, 6) is 2.59. The van der Waals surface area contributed by atoms with Gasteiger partial charge in [0.2, 0.25) is 5.75 Å². The van der Waals surface area contributed by atoms with Crippen LogP contribution in [0.15, 0.2) is 48.8 Å². The molecular weight excluding hydrogens is 396 g/mol. The van der Waals surface area contributed by atoms with Gasteiger partial charge in [-0.1, -0.05) is 12.1 Å². The van der Waals surface area contributed by atoms with Crippen LogP contribution >= 0.6 is 0 Å². The summed E-state index contributed by atoms with van der Waals surface area (Å²) in [6, 6.07) is 13.3. The van der Waals surface area contributed by atoms with Crippen molar-refractivity contribution in [2.75, 3.05) is 34.2 Å². The lowest BCUT2D eigenvalue weighted by Gasteiger charge is -2.18. The van der Waals surface area contributed by atoms with Crippen molar-refractivity contribution in [3.8, 4) is 45.4 Å². The average molecular weight is 418 g/mol. The average Bonchev–Trinajstić information content (AvgIpc) is 2.82. The quantitative estimate of drug-likeness (QED) is 0.502. The normalized spacial score (nSPS) is 10.7. The lowest BCUT2D eigenvalue weighted by molar-refractivity contribution is 0.325. The predicted octanol–water partition coefficient (Wildman–Crippen LogP) is 3.98. The number of ether oxygens (including phenoxy) is 4. The third-order valence-electron chi connectivity index (χ3n) is 4.99. The zero-order chi connectivity index (χ0) is 22.0. The molecule has 4 rings (SSSR count). The van der Waals surface area contributed by atoms with Crippen molar-refractivity contribution < 1.29 is 18.9 Å². The Morgan fingerprint density at radius 1 is 0.774 bits per heavy atom. The zero-order valence-corrected chi connectivity index (χ0v) is 17.7. The van der Waals surface area contributed by atoms with Crippen LogP contribution in [0.5, 0.6) is 23.0 Å². The van der Waals surface area contributed by atoms with Gasteiger partial charge < -0.3 is 24.7 Å². The smallest absolute Gasteiger partial charge is 0.203 e. The standard InChI is InChI=1S/C23H22N4O4/c1-28-14-7-5-6-13(10-14)17-11-16(19-22(24)25-12-26-23(19)27-17)15-8-9-18(29-2)21(31-4)20(15)30-3/h5-12H,1-4H3,(H2,24,25,26,27). The number of nitrogens with two attached hydrogens (primary N) is 1. The van der Waals surface area contributed by atoms with Gasteiger partial charge in [0.05, 0.1) is 39.5 Å². The number of pyridine rings is 1. The number of methoxy groups -OCH3 is 4. The van der Waals surface area contributed by atoms with Crippen LogP contribution in [-0.4, -0.2) is 43.4 Å². The third kappa shape index (κ3) is 3.52. The largest absolute Gasteiger partial charge is 0.497 e. The summed E-state index contributed by atoms with van der Waals surface area (Å²) in [5, 5.41) is 0.625. The van der Waals surface area contributed by atoms with Crippen molar-refractivity contribution >= 4 is 16.9 Å². The van der Waals surface area contributed by atoms with Gasteiger partial charge in [-0.3, -0.25) is 0 Å². The Kier molecular flexibility index (Phi) is 5.44. The van der Waals surface area contributed by atoms with Crippen LogP contribution in [0.1, 0.15) is 0 Å². The molecule has 0 saturated heterocycles. The number of hydrogen-bond donors (Lipinski definition) is 1. The first-order valence-corrected chi connectivity index (χ1v) is 9.46. The van der Waals surface area contributed by atoms with Gasteiger partial charge in [0.15, 0.2) is 17.1 Å². The van der Waals surface area contributed by atoms with Crippen molar-refractivity contribution in [1.29, 1.82) is 0 Å². The first kappa shape index (κ1) is 20.2. The number of nitrogens with zero attached hydrogens (tertiary/aromatic N) is 3. The zero-order valence-electron chi connectivity index (χ0n) is 17.7. The minimum absolute atomic E-state index is 0.321. The van der Waals surface area contributed by atoms with E-state index in [1.54, 1.807) is 28.4 Å². The van der Waals surface area contributed by atoms with Gasteiger partial charge in [-0.15, -0.1) is 0 Å². The number of nitrogen functional groups attached to an aromatic ring is 1. The Bertz CT molecular complexity index is 1260. The van der Waals surface area contributed by atoms with Gasteiger partial charge in [-0.2, -0.15) is 0 Å². The van der Waals surface area contributed by atoms with Gasteiger partial charge in [-0.05, 0) is 30.3 Å². The molecule has 0 spiro atoms. The van der Waals surface area contributed by atoms with E-state index in [1.807, 2.05) is 42.5 Å². The van der Waals surface area contributed by atoms with Crippen LogP contribution < -0.4 is 24.7 Å². The highest BCUT2D eigenvalue weighted by Crippen LogP contribution is 2.46. The molecule has 31 heavy (non-hydrogen) atoms. The van der Waals surface area contributed by atoms with E-state index in [2.05, 4.69) is 9.97 Å². The lowest BCUT2D eigenvalue weighted by Crippen LogP contribution is -2.01. The Balaban J connectivity index is 2.06. The van der Waals surface area contributed by atoms with Crippen molar-refractivity contribution in [3.63, 3.8) is 0 Å². The number of aromatic nitrogens is 3. The number of anilines is 1. The van der Waals surface area contributed by atoms with Crippen molar-refractivity contribution in [3.05, 3.63) is 48.8 Å². The van der Waals surface area contributed by atoms with Crippen LogP contribution in [0.25, 0.3) is 33.4 Å². The Morgan fingerprint density at radius 2 is 1.58 bits per heavy atom. The second-order valence-electron chi connectivity index (χ2n) is 6.63. The summed E-state index contributed by atoms with van der Waals surface area (Å²) in [6.07, 6.45) is 1.40. The minimum atomic E-state index is 0.321. The van der Waals surface area contributed by atoms with Gasteiger partial charge >= 0.3 is 0 Å². The molecule has 0 radical (unpaired) electrons. The molecule has 2 aromatic carbocycles. The maximum Gasteiger partial charge on any atom is 0.203 e. The van der Waals surface area contributed by atoms with Crippen LogP contribution in [0, 0.1) is 0 Å². The van der Waals surface area contributed by atoms with Crippen molar-refractivity contribution in [2.45, 2.75) is 0 Å². The Morgan fingerprint density at radius 3 is 2.29 bits per heavy atom. The number of rotatable bonds is 6. The summed E-state index contributed by atoms with van der Waals surface area (Å²) >= 11 is 0. The molecule has 0 saturated carbocycles. The molecular formula is C23H22N4O4. The molecule has 0 amide bonds. The molecule has 2 heterocycles. The van der Waals surface area contributed by atoms with E-state index >= 15 is 0 Å². The summed E-state index contributed by atoms with van der Waals surface area (Å²) in [7, 11) is 6.34. The van der Waals surface area contributed by atoms with Gasteiger partial charge in [0.25, 0.3) is 0 Å². The number of fused-ring (bicyclic) bond motifs is 1. The van der Waals surface area contributed by atoms with Gasteiger partial charge in [-0.25, -0.2) is 15.0 Å². The molecule has 0 unspecified atom stereocenters. The molecule has 0 aliphatic carbocycles. The topological polar surface area (TPSA) is 102 Å². The van der Waals surface area contributed by atoms with Gasteiger partial charge in [0.1, 0.15) is 17.9 Å². The molecule has 2 N–H and O–H groups in total. The predicted molar refractivity (Wildman–Crippen MR) is 119 cm³/mol. The molecule has 0 bridgehead atoms. The SMILES string of the molecule is COc1cccc(-c2cc(-c3ccc(OC)c(OC)c3OC)c3c(N)ncnc3n2)c1. The number of hydrogen-bond acceptors (Lipinski definition) is 8.